The molecule has 2 fully saturated rings. The first-order valence-corrected chi connectivity index (χ1v) is 11.4. The Labute approximate surface area is 188 Å². The molecular formula is C23H20FN7S. The fraction of sp³-hybridized carbons (Fsp3) is 0.304. The summed E-state index contributed by atoms with van der Waals surface area (Å²) in [4.78, 5) is 4.89. The van der Waals surface area contributed by atoms with Gasteiger partial charge in [0.2, 0.25) is 0 Å². The smallest absolute Gasteiger partial charge is 0.155 e. The predicted molar refractivity (Wildman–Crippen MR) is 118 cm³/mol. The number of pyridine rings is 2. The number of nitriles is 1. The van der Waals surface area contributed by atoms with Crippen molar-refractivity contribution < 1.29 is 4.39 Å². The van der Waals surface area contributed by atoms with Crippen molar-refractivity contribution in [2.24, 2.45) is 17.8 Å². The van der Waals surface area contributed by atoms with Gasteiger partial charge in [-0.15, -0.1) is 0 Å². The molecule has 3 atom stereocenters. The molecule has 7 nitrogen and oxygen atoms in total. The van der Waals surface area contributed by atoms with Crippen LogP contribution in [-0.4, -0.2) is 37.5 Å². The highest BCUT2D eigenvalue weighted by Crippen LogP contribution is 2.49. The molecule has 5 heterocycles. The van der Waals surface area contributed by atoms with Crippen molar-refractivity contribution in [1.82, 2.24) is 29.7 Å². The lowest BCUT2D eigenvalue weighted by Gasteiger charge is -2.10. The molecular weight excluding hydrogens is 425 g/mol. The Morgan fingerprint density at radius 2 is 2.12 bits per heavy atom. The maximum atomic E-state index is 14.3. The standard InChI is InChI=1S/C23H20FN7S/c1-13-16(10-29-30(13)12-19-17-8-26-9-18(17)19)14-5-21(32-23-20(24)3-2-4-27-23)22-15(6-25)7-28-31(22)11-14/h2-5,7,10-11,17-19,26H,8-9,12H2,1H3/t17-,18+,19-. The second-order valence-electron chi connectivity index (χ2n) is 8.42. The minimum Gasteiger partial charge on any atom is -0.316 e. The van der Waals surface area contributed by atoms with Crippen LogP contribution in [0.3, 0.4) is 0 Å². The van der Waals surface area contributed by atoms with E-state index in [1.165, 1.54) is 24.0 Å². The average molecular weight is 446 g/mol. The van der Waals surface area contributed by atoms with Crippen LogP contribution in [0, 0.1) is 41.8 Å². The molecule has 1 N–H and O–H groups in total. The van der Waals surface area contributed by atoms with Gasteiger partial charge in [0, 0.05) is 40.7 Å². The van der Waals surface area contributed by atoms with Gasteiger partial charge in [-0.05, 0) is 56.0 Å². The van der Waals surface area contributed by atoms with Gasteiger partial charge >= 0.3 is 0 Å². The number of nitrogens with zero attached hydrogens (tertiary/aromatic N) is 6. The summed E-state index contributed by atoms with van der Waals surface area (Å²) >= 11 is 1.20. The molecule has 9 heteroatoms. The zero-order valence-electron chi connectivity index (χ0n) is 17.4. The Morgan fingerprint density at radius 1 is 1.28 bits per heavy atom. The molecule has 1 saturated carbocycles. The van der Waals surface area contributed by atoms with Crippen molar-refractivity contribution >= 4 is 17.3 Å². The summed E-state index contributed by atoms with van der Waals surface area (Å²) in [5.41, 5.74) is 4.11. The topological polar surface area (TPSA) is 83.8 Å². The molecule has 1 aliphatic carbocycles. The van der Waals surface area contributed by atoms with Gasteiger partial charge in [0.1, 0.15) is 11.1 Å². The molecule has 1 saturated heterocycles. The fourth-order valence-corrected chi connectivity index (χ4v) is 5.85. The molecule has 0 unspecified atom stereocenters. The minimum atomic E-state index is -0.396. The number of piperidine rings is 1. The number of hydrogen-bond acceptors (Lipinski definition) is 6. The highest BCUT2D eigenvalue weighted by molar-refractivity contribution is 7.99. The molecule has 0 bridgehead atoms. The Balaban J connectivity index is 1.40. The van der Waals surface area contributed by atoms with E-state index < -0.39 is 5.82 Å². The van der Waals surface area contributed by atoms with Gasteiger partial charge in [0.25, 0.3) is 0 Å². The van der Waals surface area contributed by atoms with E-state index >= 15 is 0 Å². The molecule has 0 spiro atoms. The monoisotopic (exact) mass is 445 g/mol. The Kier molecular flexibility index (Phi) is 4.52. The van der Waals surface area contributed by atoms with Crippen LogP contribution in [0.15, 0.2) is 52.9 Å². The maximum Gasteiger partial charge on any atom is 0.155 e. The lowest BCUT2D eigenvalue weighted by atomic mass is 10.1. The van der Waals surface area contributed by atoms with Crippen LogP contribution < -0.4 is 5.32 Å². The van der Waals surface area contributed by atoms with Gasteiger partial charge in [-0.2, -0.15) is 15.5 Å². The fourth-order valence-electron chi connectivity index (χ4n) is 4.87. The van der Waals surface area contributed by atoms with E-state index in [0.29, 0.717) is 17.0 Å². The minimum absolute atomic E-state index is 0.262. The van der Waals surface area contributed by atoms with Gasteiger partial charge in [-0.25, -0.2) is 13.9 Å². The summed E-state index contributed by atoms with van der Waals surface area (Å²) in [6, 6.07) is 7.10. The summed E-state index contributed by atoms with van der Waals surface area (Å²) in [6.07, 6.45) is 6.88. The molecule has 1 aliphatic heterocycles. The Hall–Kier alpha value is -3.22. The predicted octanol–water partition coefficient (Wildman–Crippen LogP) is 3.53. The number of aromatic nitrogens is 5. The molecule has 0 amide bonds. The van der Waals surface area contributed by atoms with E-state index in [0.717, 1.165) is 53.2 Å². The Morgan fingerprint density at radius 3 is 2.91 bits per heavy atom. The lowest BCUT2D eigenvalue weighted by molar-refractivity contribution is 0.477. The quantitative estimate of drug-likeness (QED) is 0.506. The van der Waals surface area contributed by atoms with Crippen molar-refractivity contribution in [3.05, 3.63) is 60.1 Å². The second-order valence-corrected chi connectivity index (χ2v) is 9.45. The van der Waals surface area contributed by atoms with E-state index in [4.69, 9.17) is 0 Å². The molecule has 0 aromatic carbocycles. The van der Waals surface area contributed by atoms with Gasteiger partial charge in [-0.1, -0.05) is 11.8 Å². The van der Waals surface area contributed by atoms with Crippen LogP contribution in [0.1, 0.15) is 11.3 Å². The summed E-state index contributed by atoms with van der Waals surface area (Å²) < 4.78 is 18.1. The third-order valence-electron chi connectivity index (χ3n) is 6.70. The van der Waals surface area contributed by atoms with Crippen LogP contribution in [0.25, 0.3) is 16.6 Å². The largest absolute Gasteiger partial charge is 0.316 e. The molecule has 4 aromatic heterocycles. The first kappa shape index (κ1) is 19.5. The van der Waals surface area contributed by atoms with Crippen LogP contribution in [-0.2, 0) is 6.54 Å². The van der Waals surface area contributed by atoms with Gasteiger partial charge in [0.05, 0.1) is 23.5 Å². The van der Waals surface area contributed by atoms with E-state index in [1.54, 1.807) is 16.8 Å². The van der Waals surface area contributed by atoms with Crippen molar-refractivity contribution in [2.45, 2.75) is 23.4 Å². The van der Waals surface area contributed by atoms with Crippen molar-refractivity contribution in [3.63, 3.8) is 0 Å². The summed E-state index contributed by atoms with van der Waals surface area (Å²) in [7, 11) is 0. The number of hydrogen-bond donors (Lipinski definition) is 1. The first-order chi connectivity index (χ1) is 15.6. The molecule has 2 aliphatic rings. The lowest BCUT2D eigenvalue weighted by Crippen LogP contribution is -2.17. The third-order valence-corrected chi connectivity index (χ3v) is 7.72. The average Bonchev–Trinajstić information content (AvgIpc) is 3.22. The molecule has 0 radical (unpaired) electrons. The van der Waals surface area contributed by atoms with E-state index in [9.17, 15) is 9.65 Å². The van der Waals surface area contributed by atoms with Crippen molar-refractivity contribution in [1.29, 1.82) is 5.26 Å². The number of rotatable bonds is 5. The van der Waals surface area contributed by atoms with Crippen LogP contribution in [0.4, 0.5) is 4.39 Å². The zero-order valence-corrected chi connectivity index (χ0v) is 18.2. The van der Waals surface area contributed by atoms with Crippen LogP contribution in [0.2, 0.25) is 0 Å². The number of halogens is 1. The number of nitrogens with one attached hydrogen (secondary N) is 1. The van der Waals surface area contributed by atoms with Gasteiger partial charge in [0.15, 0.2) is 5.82 Å². The third kappa shape index (κ3) is 3.10. The molecule has 160 valence electrons. The summed E-state index contributed by atoms with van der Waals surface area (Å²) in [5, 5.41) is 22.3. The summed E-state index contributed by atoms with van der Waals surface area (Å²) in [6.45, 7) is 5.25. The highest BCUT2D eigenvalue weighted by Gasteiger charge is 2.52. The van der Waals surface area contributed by atoms with Gasteiger partial charge in [-0.3, -0.25) is 4.68 Å². The van der Waals surface area contributed by atoms with E-state index in [-0.39, 0.29) is 5.03 Å². The van der Waals surface area contributed by atoms with Crippen LogP contribution in [0.5, 0.6) is 0 Å². The van der Waals surface area contributed by atoms with E-state index in [1.807, 2.05) is 18.5 Å². The van der Waals surface area contributed by atoms with Crippen molar-refractivity contribution in [3.8, 4) is 17.2 Å². The molecule has 6 rings (SSSR count). The molecule has 4 aromatic rings. The van der Waals surface area contributed by atoms with E-state index in [2.05, 4.69) is 38.2 Å². The number of fused-ring (bicyclic) bond motifs is 2. The highest BCUT2D eigenvalue weighted by atomic mass is 32.2. The zero-order chi connectivity index (χ0) is 21.8. The second kappa shape index (κ2) is 7.43. The van der Waals surface area contributed by atoms with Crippen molar-refractivity contribution in [2.75, 3.05) is 13.1 Å². The molecule has 32 heavy (non-hydrogen) atoms. The maximum absolute atomic E-state index is 14.3. The Bertz CT molecular complexity index is 1380. The van der Waals surface area contributed by atoms with Gasteiger partial charge < -0.3 is 5.32 Å². The normalized spacial score (nSPS) is 21.6. The SMILES string of the molecule is Cc1c(-c2cc(Sc3ncccc3F)c3c(C#N)cnn3c2)cnn1C[C@@H]1[C@@H]2CNC[C@@H]21. The summed E-state index contributed by atoms with van der Waals surface area (Å²) in [5.74, 6) is 1.87. The van der Waals surface area contributed by atoms with Crippen LogP contribution >= 0.6 is 11.8 Å². The first-order valence-electron chi connectivity index (χ1n) is 10.6.